The summed E-state index contributed by atoms with van der Waals surface area (Å²) in [7, 11) is 0. The number of hydrogen-bond acceptors (Lipinski definition) is 4. The quantitative estimate of drug-likeness (QED) is 0.561. The summed E-state index contributed by atoms with van der Waals surface area (Å²) >= 11 is 0. The Morgan fingerprint density at radius 2 is 1.61 bits per heavy atom. The molecule has 0 radical (unpaired) electrons. The molecule has 8 heteroatoms. The van der Waals surface area contributed by atoms with Gasteiger partial charge < -0.3 is 22.1 Å². The largest absolute Gasteiger partial charge is 0.368 e. The fourth-order valence-electron chi connectivity index (χ4n) is 4.38. The Balaban J connectivity index is 0.00000280. The normalized spacial score (nSPS) is 25.9. The summed E-state index contributed by atoms with van der Waals surface area (Å²) in [5.41, 5.74) is 12.7. The van der Waals surface area contributed by atoms with Crippen molar-refractivity contribution in [1.29, 1.82) is 0 Å². The maximum atomic E-state index is 12.6. The number of primary amides is 1. The maximum Gasteiger partial charge on any atom is 0.251 e. The van der Waals surface area contributed by atoms with Crippen LogP contribution in [0.25, 0.3) is 0 Å². The summed E-state index contributed by atoms with van der Waals surface area (Å²) in [5, 5.41) is 5.46. The highest BCUT2D eigenvalue weighted by Gasteiger charge is 2.40. The van der Waals surface area contributed by atoms with Gasteiger partial charge in [0.25, 0.3) is 5.91 Å². The highest BCUT2D eigenvalue weighted by atomic mass is 35.5. The third-order valence-corrected chi connectivity index (χ3v) is 5.89. The highest BCUT2D eigenvalue weighted by molar-refractivity contribution is 5.96. The molecule has 2 unspecified atom stereocenters. The van der Waals surface area contributed by atoms with Crippen molar-refractivity contribution < 1.29 is 14.4 Å². The van der Waals surface area contributed by atoms with Crippen LogP contribution in [0.4, 0.5) is 0 Å². The molecule has 6 N–H and O–H groups in total. The van der Waals surface area contributed by atoms with E-state index in [9.17, 15) is 14.4 Å². The first-order valence-corrected chi connectivity index (χ1v) is 9.62. The third kappa shape index (κ3) is 5.45. The van der Waals surface area contributed by atoms with E-state index in [0.29, 0.717) is 23.9 Å². The van der Waals surface area contributed by atoms with Crippen LogP contribution in [0.3, 0.4) is 0 Å². The summed E-state index contributed by atoms with van der Waals surface area (Å²) < 4.78 is 0. The monoisotopic (exact) mass is 408 g/mol. The van der Waals surface area contributed by atoms with Crippen molar-refractivity contribution in [2.45, 2.75) is 44.7 Å². The van der Waals surface area contributed by atoms with Gasteiger partial charge in [0.1, 0.15) is 0 Å². The molecule has 0 saturated heterocycles. The Labute approximate surface area is 171 Å². The van der Waals surface area contributed by atoms with Crippen LogP contribution in [-0.4, -0.2) is 30.3 Å². The lowest BCUT2D eigenvalue weighted by Crippen LogP contribution is -2.49. The number of carbonyl (C=O) groups excluding carboxylic acids is 3. The molecule has 3 rings (SSSR count). The van der Waals surface area contributed by atoms with Gasteiger partial charge in [0.2, 0.25) is 11.8 Å². The zero-order chi connectivity index (χ0) is 19.4. The molecule has 3 amide bonds. The topological polar surface area (TPSA) is 127 Å². The van der Waals surface area contributed by atoms with Gasteiger partial charge in [-0.05, 0) is 55.2 Å². The highest BCUT2D eigenvalue weighted by Crippen LogP contribution is 2.41. The van der Waals surface area contributed by atoms with Crippen molar-refractivity contribution in [3.05, 3.63) is 35.4 Å². The molecule has 2 bridgehead atoms. The second-order valence-corrected chi connectivity index (χ2v) is 7.76. The average molecular weight is 409 g/mol. The predicted molar refractivity (Wildman–Crippen MR) is 109 cm³/mol. The number of carbonyl (C=O) groups is 3. The first-order valence-electron chi connectivity index (χ1n) is 9.62. The van der Waals surface area contributed by atoms with Crippen LogP contribution in [0.2, 0.25) is 0 Å². The molecular weight excluding hydrogens is 380 g/mol. The minimum atomic E-state index is -0.588. The van der Waals surface area contributed by atoms with Crippen molar-refractivity contribution in [3.8, 4) is 0 Å². The molecule has 2 aliphatic rings. The number of rotatable bonds is 6. The molecule has 0 spiro atoms. The maximum absolute atomic E-state index is 12.6. The van der Waals surface area contributed by atoms with Crippen molar-refractivity contribution in [2.75, 3.05) is 6.54 Å². The number of halogens is 1. The SMILES string of the molecule is Cl.NC(=O)CNC(=O)c1ccc(CNC(=O)C2CC3CCCC(C2)C3N)cc1. The molecule has 2 saturated carbocycles. The summed E-state index contributed by atoms with van der Waals surface area (Å²) in [6.07, 6.45) is 5.29. The third-order valence-electron chi connectivity index (χ3n) is 5.89. The number of benzene rings is 1. The molecule has 1 aromatic carbocycles. The van der Waals surface area contributed by atoms with E-state index in [1.165, 1.54) is 6.42 Å². The lowest BCUT2D eigenvalue weighted by molar-refractivity contribution is -0.128. The second-order valence-electron chi connectivity index (χ2n) is 7.76. The van der Waals surface area contributed by atoms with Crippen LogP contribution in [0, 0.1) is 17.8 Å². The van der Waals surface area contributed by atoms with E-state index in [0.717, 1.165) is 31.2 Å². The fourth-order valence-corrected chi connectivity index (χ4v) is 4.38. The first-order chi connectivity index (χ1) is 12.9. The van der Waals surface area contributed by atoms with E-state index in [-0.39, 0.29) is 42.7 Å². The fraction of sp³-hybridized carbons (Fsp3) is 0.550. The molecule has 0 aromatic heterocycles. The molecular formula is C20H29ClN4O3. The van der Waals surface area contributed by atoms with Gasteiger partial charge in [-0.1, -0.05) is 18.6 Å². The Bertz CT molecular complexity index is 696. The van der Waals surface area contributed by atoms with Crippen LogP contribution in [0.5, 0.6) is 0 Å². The number of fused-ring (bicyclic) bond motifs is 2. The molecule has 154 valence electrons. The molecule has 2 aliphatic carbocycles. The minimum absolute atomic E-state index is 0. The Hall–Kier alpha value is -2.12. The van der Waals surface area contributed by atoms with Crippen LogP contribution in [-0.2, 0) is 16.1 Å². The number of nitrogens with two attached hydrogens (primary N) is 2. The number of nitrogens with one attached hydrogen (secondary N) is 2. The molecule has 1 aromatic rings. The van der Waals surface area contributed by atoms with Crippen molar-refractivity contribution in [3.63, 3.8) is 0 Å². The summed E-state index contributed by atoms with van der Waals surface area (Å²) in [6.45, 7) is 0.240. The first kappa shape index (κ1) is 22.2. The van der Waals surface area contributed by atoms with E-state index >= 15 is 0 Å². The summed E-state index contributed by atoms with van der Waals surface area (Å²) in [5.74, 6) is 0.170. The average Bonchev–Trinajstić information content (AvgIpc) is 2.64. The van der Waals surface area contributed by atoms with Gasteiger partial charge in [-0.25, -0.2) is 0 Å². The van der Waals surface area contributed by atoms with Crippen molar-refractivity contribution in [1.82, 2.24) is 10.6 Å². The van der Waals surface area contributed by atoms with Gasteiger partial charge in [0.05, 0.1) is 6.54 Å². The minimum Gasteiger partial charge on any atom is -0.368 e. The zero-order valence-electron chi connectivity index (χ0n) is 15.9. The van der Waals surface area contributed by atoms with Crippen LogP contribution >= 0.6 is 12.4 Å². The molecule has 7 nitrogen and oxygen atoms in total. The zero-order valence-corrected chi connectivity index (χ0v) is 16.7. The van der Waals surface area contributed by atoms with Crippen LogP contribution < -0.4 is 22.1 Å². The van der Waals surface area contributed by atoms with E-state index in [2.05, 4.69) is 10.6 Å². The molecule has 0 aliphatic heterocycles. The Morgan fingerprint density at radius 3 is 2.18 bits per heavy atom. The Kier molecular flexibility index (Phi) is 7.83. The van der Waals surface area contributed by atoms with Gasteiger partial charge in [0, 0.05) is 24.1 Å². The molecule has 2 fully saturated rings. The standard InChI is InChI=1S/C20H28N4O3.ClH/c21-17(25)11-24-19(26)13-6-4-12(5-7-13)10-23-20(27)16-8-14-2-1-3-15(9-16)18(14)22;/h4-7,14-16,18H,1-3,8-11,22H2,(H2,21,25)(H,23,27)(H,24,26);1H. The van der Waals surface area contributed by atoms with Crippen LogP contribution in [0.1, 0.15) is 48.0 Å². The second kappa shape index (κ2) is 9.89. The van der Waals surface area contributed by atoms with E-state index in [1.54, 1.807) is 24.3 Å². The molecule has 28 heavy (non-hydrogen) atoms. The number of amides is 3. The number of hydrogen-bond donors (Lipinski definition) is 4. The predicted octanol–water partition coefficient (Wildman–Crippen LogP) is 1.09. The van der Waals surface area contributed by atoms with Gasteiger partial charge in [0.15, 0.2) is 0 Å². The summed E-state index contributed by atoms with van der Waals surface area (Å²) in [6, 6.07) is 7.19. The molecule has 2 atom stereocenters. The lowest BCUT2D eigenvalue weighted by atomic mass is 9.65. The van der Waals surface area contributed by atoms with Crippen molar-refractivity contribution >= 4 is 30.1 Å². The van der Waals surface area contributed by atoms with E-state index in [4.69, 9.17) is 11.5 Å². The smallest absolute Gasteiger partial charge is 0.251 e. The van der Waals surface area contributed by atoms with Crippen molar-refractivity contribution in [2.24, 2.45) is 29.2 Å². The van der Waals surface area contributed by atoms with E-state index < -0.39 is 5.91 Å². The van der Waals surface area contributed by atoms with E-state index in [1.807, 2.05) is 0 Å². The summed E-state index contributed by atoms with van der Waals surface area (Å²) in [4.78, 5) is 35.1. The van der Waals surface area contributed by atoms with Crippen LogP contribution in [0.15, 0.2) is 24.3 Å². The lowest BCUT2D eigenvalue weighted by Gasteiger charge is -2.43. The Morgan fingerprint density at radius 1 is 1.00 bits per heavy atom. The van der Waals surface area contributed by atoms with Gasteiger partial charge in [-0.3, -0.25) is 14.4 Å². The molecule has 0 heterocycles. The van der Waals surface area contributed by atoms with Gasteiger partial charge in [-0.2, -0.15) is 0 Å². The van der Waals surface area contributed by atoms with Gasteiger partial charge in [-0.15, -0.1) is 12.4 Å². The van der Waals surface area contributed by atoms with Gasteiger partial charge >= 0.3 is 0 Å².